The number of hydrogen-bond donors (Lipinski definition) is 2. The number of thiophene rings is 1. The molecule has 1 aliphatic carbocycles. The van der Waals surface area contributed by atoms with Gasteiger partial charge in [-0.05, 0) is 32.6 Å². The molecule has 21 heavy (non-hydrogen) atoms. The normalized spacial score (nSPS) is 15.6. The monoisotopic (exact) mass is 310 g/mol. The summed E-state index contributed by atoms with van der Waals surface area (Å²) in [6.07, 6.45) is 5.73. The second-order valence-electron chi connectivity index (χ2n) is 5.98. The van der Waals surface area contributed by atoms with E-state index in [4.69, 9.17) is 10.5 Å². The first-order valence-electron chi connectivity index (χ1n) is 7.88. The average molecular weight is 310 g/mol. The Kier molecular flexibility index (Phi) is 5.51. The fourth-order valence-electron chi connectivity index (χ4n) is 2.72. The highest BCUT2D eigenvalue weighted by molar-refractivity contribution is 7.19. The predicted molar refractivity (Wildman–Crippen MR) is 89.6 cm³/mol. The summed E-state index contributed by atoms with van der Waals surface area (Å²) in [5.74, 6) is 1.47. The van der Waals surface area contributed by atoms with Crippen LogP contribution in [0.15, 0.2) is 0 Å². The van der Waals surface area contributed by atoms with Gasteiger partial charge in [-0.3, -0.25) is 4.79 Å². The second kappa shape index (κ2) is 7.16. The van der Waals surface area contributed by atoms with Crippen molar-refractivity contribution >= 4 is 27.8 Å². The van der Waals surface area contributed by atoms with Gasteiger partial charge in [-0.2, -0.15) is 0 Å². The SMILES string of the molecule is CCC(=O)c1sc(NCC2CCCC2)c(OC(C)C)c1N. The summed E-state index contributed by atoms with van der Waals surface area (Å²) < 4.78 is 5.84. The molecule has 0 aliphatic heterocycles. The molecule has 5 heteroatoms. The van der Waals surface area contributed by atoms with E-state index in [1.807, 2.05) is 20.8 Å². The van der Waals surface area contributed by atoms with E-state index in [1.165, 1.54) is 37.0 Å². The zero-order chi connectivity index (χ0) is 15.4. The molecular weight excluding hydrogens is 284 g/mol. The summed E-state index contributed by atoms with van der Waals surface area (Å²) in [5, 5.41) is 4.37. The third-order valence-corrected chi connectivity index (χ3v) is 5.04. The molecule has 118 valence electrons. The highest BCUT2D eigenvalue weighted by Gasteiger charge is 2.23. The van der Waals surface area contributed by atoms with Gasteiger partial charge in [0.1, 0.15) is 5.00 Å². The molecule has 0 atom stereocenters. The van der Waals surface area contributed by atoms with Gasteiger partial charge in [0.15, 0.2) is 11.5 Å². The number of Topliss-reactive ketones (excluding diaryl/α,β-unsaturated/α-hetero) is 1. The van der Waals surface area contributed by atoms with Crippen molar-refractivity contribution in [3.05, 3.63) is 4.88 Å². The minimum atomic E-state index is 0.0403. The number of nitrogen functional groups attached to an aromatic ring is 1. The number of nitrogens with two attached hydrogens (primary N) is 1. The Bertz CT molecular complexity index is 491. The summed E-state index contributed by atoms with van der Waals surface area (Å²) in [6, 6.07) is 0. The Labute approximate surface area is 131 Å². The molecular formula is C16H26N2O2S. The van der Waals surface area contributed by atoms with Crippen LogP contribution in [0.2, 0.25) is 0 Å². The number of anilines is 2. The first kappa shape index (κ1) is 16.1. The molecule has 4 nitrogen and oxygen atoms in total. The summed E-state index contributed by atoms with van der Waals surface area (Å²) in [7, 11) is 0. The van der Waals surface area contributed by atoms with Gasteiger partial charge >= 0.3 is 0 Å². The highest BCUT2D eigenvalue weighted by Crippen LogP contribution is 2.44. The molecule has 1 saturated carbocycles. The molecule has 1 aromatic heterocycles. The maximum atomic E-state index is 12.0. The Morgan fingerprint density at radius 2 is 2.10 bits per heavy atom. The molecule has 0 radical (unpaired) electrons. The quantitative estimate of drug-likeness (QED) is 0.736. The summed E-state index contributed by atoms with van der Waals surface area (Å²) in [6.45, 7) is 6.74. The van der Waals surface area contributed by atoms with Crippen molar-refractivity contribution in [3.63, 3.8) is 0 Å². The van der Waals surface area contributed by atoms with Crippen molar-refractivity contribution < 1.29 is 9.53 Å². The fourth-order valence-corrected chi connectivity index (χ4v) is 3.79. The smallest absolute Gasteiger partial charge is 0.177 e. The number of ketones is 1. The van der Waals surface area contributed by atoms with Crippen molar-refractivity contribution in [1.29, 1.82) is 0 Å². The van der Waals surface area contributed by atoms with Crippen LogP contribution >= 0.6 is 11.3 Å². The van der Waals surface area contributed by atoms with Crippen LogP contribution < -0.4 is 15.8 Å². The van der Waals surface area contributed by atoms with Gasteiger partial charge in [-0.15, -0.1) is 11.3 Å². The second-order valence-corrected chi connectivity index (χ2v) is 7.00. The average Bonchev–Trinajstić information content (AvgIpc) is 3.06. The Morgan fingerprint density at radius 3 is 2.67 bits per heavy atom. The van der Waals surface area contributed by atoms with Crippen LogP contribution in [-0.4, -0.2) is 18.4 Å². The van der Waals surface area contributed by atoms with Gasteiger partial charge < -0.3 is 15.8 Å². The molecule has 0 unspecified atom stereocenters. The molecule has 3 N–H and O–H groups in total. The minimum absolute atomic E-state index is 0.0403. The zero-order valence-corrected chi connectivity index (χ0v) is 14.0. The van der Waals surface area contributed by atoms with Crippen LogP contribution in [0.25, 0.3) is 0 Å². The van der Waals surface area contributed by atoms with Crippen LogP contribution in [0.3, 0.4) is 0 Å². The minimum Gasteiger partial charge on any atom is -0.486 e. The van der Waals surface area contributed by atoms with Crippen molar-refractivity contribution in [2.45, 2.75) is 59.0 Å². The van der Waals surface area contributed by atoms with E-state index >= 15 is 0 Å². The van der Waals surface area contributed by atoms with Gasteiger partial charge in [0.2, 0.25) is 0 Å². The van der Waals surface area contributed by atoms with Crippen LogP contribution in [-0.2, 0) is 0 Å². The van der Waals surface area contributed by atoms with Crippen LogP contribution in [0.1, 0.15) is 62.5 Å². The molecule has 1 fully saturated rings. The van der Waals surface area contributed by atoms with Gasteiger partial charge in [0.25, 0.3) is 0 Å². The Morgan fingerprint density at radius 1 is 1.43 bits per heavy atom. The predicted octanol–water partition coefficient (Wildman–Crippen LogP) is 4.31. The third-order valence-electron chi connectivity index (χ3n) is 3.85. The highest BCUT2D eigenvalue weighted by atomic mass is 32.1. The standard InChI is InChI=1S/C16H26N2O2S/c1-4-12(19)15-13(17)14(20-10(2)3)16(21-15)18-9-11-7-5-6-8-11/h10-11,18H,4-9,17H2,1-3H3. The lowest BCUT2D eigenvalue weighted by Crippen LogP contribution is -2.12. The van der Waals surface area contributed by atoms with Crippen molar-refractivity contribution in [3.8, 4) is 5.75 Å². The van der Waals surface area contributed by atoms with Crippen molar-refractivity contribution in [2.24, 2.45) is 5.92 Å². The Balaban J connectivity index is 2.17. The van der Waals surface area contributed by atoms with Gasteiger partial charge in [-0.1, -0.05) is 19.8 Å². The van der Waals surface area contributed by atoms with Gasteiger partial charge in [-0.25, -0.2) is 0 Å². The zero-order valence-electron chi connectivity index (χ0n) is 13.2. The van der Waals surface area contributed by atoms with E-state index in [1.54, 1.807) is 0 Å². The first-order chi connectivity index (χ1) is 10.0. The van der Waals surface area contributed by atoms with E-state index in [-0.39, 0.29) is 11.9 Å². The lowest BCUT2D eigenvalue weighted by Gasteiger charge is -2.14. The summed E-state index contributed by atoms with van der Waals surface area (Å²) in [4.78, 5) is 12.6. The number of carbonyl (C=O) groups excluding carboxylic acids is 1. The van der Waals surface area contributed by atoms with E-state index in [2.05, 4.69) is 5.32 Å². The molecule has 1 aliphatic rings. The summed E-state index contributed by atoms with van der Waals surface area (Å²) >= 11 is 1.43. The number of rotatable bonds is 7. The van der Waals surface area contributed by atoms with Gasteiger partial charge in [0.05, 0.1) is 16.7 Å². The molecule has 1 heterocycles. The summed E-state index contributed by atoms with van der Waals surface area (Å²) in [5.41, 5.74) is 6.63. The number of hydrogen-bond acceptors (Lipinski definition) is 5. The maximum absolute atomic E-state index is 12.0. The molecule has 2 rings (SSSR count). The van der Waals surface area contributed by atoms with E-state index in [9.17, 15) is 4.79 Å². The van der Waals surface area contributed by atoms with Crippen LogP contribution in [0, 0.1) is 5.92 Å². The van der Waals surface area contributed by atoms with E-state index < -0.39 is 0 Å². The lowest BCUT2D eigenvalue weighted by molar-refractivity contribution is 0.0992. The van der Waals surface area contributed by atoms with Gasteiger partial charge in [0, 0.05) is 13.0 Å². The molecule has 0 saturated heterocycles. The fraction of sp³-hybridized carbons (Fsp3) is 0.688. The molecule has 0 aromatic carbocycles. The van der Waals surface area contributed by atoms with Crippen molar-refractivity contribution in [1.82, 2.24) is 0 Å². The molecule has 0 spiro atoms. The maximum Gasteiger partial charge on any atom is 0.177 e. The topological polar surface area (TPSA) is 64.3 Å². The third kappa shape index (κ3) is 3.90. The Hall–Kier alpha value is -1.23. The van der Waals surface area contributed by atoms with Crippen LogP contribution in [0.4, 0.5) is 10.7 Å². The lowest BCUT2D eigenvalue weighted by atomic mass is 10.1. The number of nitrogens with one attached hydrogen (secondary N) is 1. The molecule has 0 amide bonds. The first-order valence-corrected chi connectivity index (χ1v) is 8.70. The number of carbonyl (C=O) groups is 1. The van der Waals surface area contributed by atoms with Crippen LogP contribution in [0.5, 0.6) is 5.75 Å². The largest absolute Gasteiger partial charge is 0.486 e. The number of ether oxygens (including phenoxy) is 1. The van der Waals surface area contributed by atoms with E-state index in [0.29, 0.717) is 22.7 Å². The molecule has 1 aromatic rings. The molecule has 0 bridgehead atoms. The van der Waals surface area contributed by atoms with Crippen molar-refractivity contribution in [2.75, 3.05) is 17.6 Å². The van der Waals surface area contributed by atoms with E-state index in [0.717, 1.165) is 17.5 Å².